The molecule has 0 aromatic heterocycles. The summed E-state index contributed by atoms with van der Waals surface area (Å²) in [6.07, 6.45) is -6.37. The van der Waals surface area contributed by atoms with Gasteiger partial charge in [-0.2, -0.15) is 13.2 Å². The molecule has 0 spiro atoms. The van der Waals surface area contributed by atoms with Crippen molar-refractivity contribution in [2.24, 2.45) is 17.8 Å². The average molecular weight is 474 g/mol. The maximum Gasteiger partial charge on any atom is 0.417 e. The predicted molar refractivity (Wildman–Crippen MR) is 113 cm³/mol. The molecule has 0 radical (unpaired) electrons. The first-order valence-corrected chi connectivity index (χ1v) is 10.9. The third-order valence-electron chi connectivity index (χ3n) is 6.97. The zero-order chi connectivity index (χ0) is 24.2. The van der Waals surface area contributed by atoms with Crippen LogP contribution in [0.5, 0.6) is 0 Å². The molecule has 178 valence electrons. The molecule has 0 bridgehead atoms. The lowest BCUT2D eigenvalue weighted by atomic mass is 9.98. The molecule has 34 heavy (non-hydrogen) atoms. The van der Waals surface area contributed by atoms with Crippen molar-refractivity contribution in [2.75, 3.05) is 19.7 Å². The van der Waals surface area contributed by atoms with Crippen LogP contribution in [-0.4, -0.2) is 59.9 Å². The number of carbonyl (C=O) groups excluding carboxylic acids is 2. The number of rotatable bonds is 5. The number of likely N-dealkylation sites (tertiary alicyclic amines) is 1. The highest BCUT2D eigenvalue weighted by Crippen LogP contribution is 2.52. The van der Waals surface area contributed by atoms with Crippen LogP contribution < -0.4 is 5.32 Å². The van der Waals surface area contributed by atoms with Crippen molar-refractivity contribution >= 4 is 18.0 Å². The molecule has 2 fully saturated rings. The van der Waals surface area contributed by atoms with Gasteiger partial charge < -0.3 is 20.1 Å². The largest absolute Gasteiger partial charge is 0.481 e. The van der Waals surface area contributed by atoms with Crippen molar-refractivity contribution in [1.82, 2.24) is 10.2 Å². The van der Waals surface area contributed by atoms with Crippen molar-refractivity contribution < 1.29 is 37.4 Å². The zero-order valence-electron chi connectivity index (χ0n) is 17.8. The number of carbonyl (C=O) groups is 3. The number of aliphatic carboxylic acids is 1. The topological polar surface area (TPSA) is 95.9 Å². The molecule has 10 heteroatoms. The fourth-order valence-corrected chi connectivity index (χ4v) is 5.30. The third kappa shape index (κ3) is 3.76. The Balaban J connectivity index is 1.24. The summed E-state index contributed by atoms with van der Waals surface area (Å²) in [5.74, 6) is -3.96. The Hall–Kier alpha value is -3.56. The third-order valence-corrected chi connectivity index (χ3v) is 6.97. The Morgan fingerprint density at radius 3 is 2.03 bits per heavy atom. The van der Waals surface area contributed by atoms with Crippen molar-refractivity contribution in [3.63, 3.8) is 0 Å². The van der Waals surface area contributed by atoms with E-state index in [-0.39, 0.29) is 37.5 Å². The van der Waals surface area contributed by atoms with Crippen LogP contribution in [-0.2, 0) is 14.3 Å². The van der Waals surface area contributed by atoms with Crippen LogP contribution in [0.25, 0.3) is 11.1 Å². The van der Waals surface area contributed by atoms with Crippen molar-refractivity contribution in [3.05, 3.63) is 59.7 Å². The number of fused-ring (bicyclic) bond motifs is 4. The van der Waals surface area contributed by atoms with E-state index < -0.39 is 36.1 Å². The number of carboxylic acids is 1. The van der Waals surface area contributed by atoms with Crippen LogP contribution in [0.4, 0.5) is 18.0 Å². The summed E-state index contributed by atoms with van der Waals surface area (Å²) in [6.45, 7) is -0.328. The first-order valence-electron chi connectivity index (χ1n) is 10.9. The van der Waals surface area contributed by atoms with Gasteiger partial charge in [0.1, 0.15) is 6.61 Å². The van der Waals surface area contributed by atoms with E-state index in [0.29, 0.717) is 0 Å². The van der Waals surface area contributed by atoms with Gasteiger partial charge in [0.05, 0.1) is 5.92 Å². The number of hydrogen-bond donors (Lipinski definition) is 2. The van der Waals surface area contributed by atoms with Crippen LogP contribution >= 0.6 is 0 Å². The smallest absolute Gasteiger partial charge is 0.417 e. The molecule has 7 nitrogen and oxygen atoms in total. The highest BCUT2D eigenvalue weighted by molar-refractivity contribution is 5.87. The summed E-state index contributed by atoms with van der Waals surface area (Å²) >= 11 is 0. The standard InChI is InChI=1S/C24H21F3N2O5/c25-24(26,27)20(21(30)29-9-16-17(10-29)19(16)22(31)32)28-23(33)34-11-18-14-7-3-1-5-12(14)13-6-2-4-8-15(13)18/h1-8,16-20H,9-11H2,(H,28,33)(H,31,32). The van der Waals surface area contributed by atoms with Gasteiger partial charge in [0.2, 0.25) is 6.04 Å². The molecule has 1 aliphatic heterocycles. The Bertz CT molecular complexity index is 1110. The minimum absolute atomic E-state index is 0.0700. The Kier molecular flexibility index (Phi) is 5.26. The molecule has 2 aliphatic carbocycles. The van der Waals surface area contributed by atoms with Gasteiger partial charge in [-0.15, -0.1) is 0 Å². The number of alkyl carbamates (subject to hydrolysis) is 1. The molecule has 2 aromatic carbocycles. The molecular formula is C24H21F3N2O5. The molecule has 2 amide bonds. The normalized spacial score (nSPS) is 23.5. The van der Waals surface area contributed by atoms with Crippen LogP contribution in [0.3, 0.4) is 0 Å². The lowest BCUT2D eigenvalue weighted by molar-refractivity contribution is -0.174. The van der Waals surface area contributed by atoms with Gasteiger partial charge in [-0.25, -0.2) is 4.79 Å². The number of alkyl halides is 3. The van der Waals surface area contributed by atoms with E-state index in [1.165, 1.54) is 0 Å². The van der Waals surface area contributed by atoms with Gasteiger partial charge in [0.25, 0.3) is 5.91 Å². The van der Waals surface area contributed by atoms with Gasteiger partial charge in [0, 0.05) is 19.0 Å². The molecule has 2 aromatic rings. The lowest BCUT2D eigenvalue weighted by Crippen LogP contribution is -2.56. The molecule has 1 saturated heterocycles. The van der Waals surface area contributed by atoms with E-state index in [0.717, 1.165) is 27.2 Å². The molecule has 3 unspecified atom stereocenters. The zero-order valence-corrected chi connectivity index (χ0v) is 17.8. The summed E-state index contributed by atoms with van der Waals surface area (Å²) in [7, 11) is 0. The van der Waals surface area contributed by atoms with Crippen molar-refractivity contribution in [1.29, 1.82) is 0 Å². The van der Waals surface area contributed by atoms with Gasteiger partial charge in [-0.05, 0) is 34.1 Å². The fourth-order valence-electron chi connectivity index (χ4n) is 5.30. The van der Waals surface area contributed by atoms with Gasteiger partial charge in [0.15, 0.2) is 0 Å². The number of hydrogen-bond acceptors (Lipinski definition) is 4. The van der Waals surface area contributed by atoms with Crippen molar-refractivity contribution in [2.45, 2.75) is 18.1 Å². The number of nitrogens with zero attached hydrogens (tertiary/aromatic N) is 1. The molecule has 3 atom stereocenters. The Labute approximate surface area is 192 Å². The Morgan fingerprint density at radius 1 is 1.00 bits per heavy atom. The van der Waals surface area contributed by atoms with E-state index in [1.54, 1.807) is 5.32 Å². The van der Waals surface area contributed by atoms with E-state index in [4.69, 9.17) is 9.84 Å². The highest BCUT2D eigenvalue weighted by atomic mass is 19.4. The molecule has 5 rings (SSSR count). The maximum absolute atomic E-state index is 13.6. The van der Waals surface area contributed by atoms with E-state index in [1.807, 2.05) is 48.5 Å². The van der Waals surface area contributed by atoms with Crippen LogP contribution in [0, 0.1) is 17.8 Å². The number of amides is 2. The maximum atomic E-state index is 13.6. The van der Waals surface area contributed by atoms with Crippen LogP contribution in [0.15, 0.2) is 48.5 Å². The molecule has 1 saturated carbocycles. The summed E-state index contributed by atoms with van der Waals surface area (Å²) in [5.41, 5.74) is 3.76. The molecule has 1 heterocycles. The van der Waals surface area contributed by atoms with E-state index >= 15 is 0 Å². The fraction of sp³-hybridized carbons (Fsp3) is 0.375. The number of nitrogens with one attached hydrogen (secondary N) is 1. The van der Waals surface area contributed by atoms with Gasteiger partial charge in [-0.1, -0.05) is 48.5 Å². The highest BCUT2D eigenvalue weighted by Gasteiger charge is 2.62. The second-order valence-electron chi connectivity index (χ2n) is 8.88. The minimum atomic E-state index is -5.03. The monoisotopic (exact) mass is 474 g/mol. The summed E-state index contributed by atoms with van der Waals surface area (Å²) in [5, 5.41) is 10.7. The lowest BCUT2D eigenvalue weighted by Gasteiger charge is -2.27. The SMILES string of the molecule is O=C(NC(C(=O)N1CC2C(C1)C2C(=O)O)C(F)(F)F)OCC1c2ccccc2-c2ccccc21. The number of halogens is 3. The number of ether oxygens (including phenoxy) is 1. The molecule has 2 N–H and O–H groups in total. The van der Waals surface area contributed by atoms with E-state index in [2.05, 4.69) is 0 Å². The second kappa shape index (κ2) is 8.03. The summed E-state index contributed by atoms with van der Waals surface area (Å²) < 4.78 is 46.0. The van der Waals surface area contributed by atoms with Crippen molar-refractivity contribution in [3.8, 4) is 11.1 Å². The quantitative estimate of drug-likeness (QED) is 0.694. The van der Waals surface area contributed by atoms with Crippen LogP contribution in [0.1, 0.15) is 17.0 Å². The predicted octanol–water partition coefficient (Wildman–Crippen LogP) is 3.25. The minimum Gasteiger partial charge on any atom is -0.481 e. The molecular weight excluding hydrogens is 453 g/mol. The summed E-state index contributed by atoms with van der Waals surface area (Å²) in [4.78, 5) is 36.9. The number of benzene rings is 2. The van der Waals surface area contributed by atoms with Gasteiger partial charge >= 0.3 is 18.2 Å². The van der Waals surface area contributed by atoms with Gasteiger partial charge in [-0.3, -0.25) is 9.59 Å². The average Bonchev–Trinajstić information content (AvgIpc) is 3.15. The first-order chi connectivity index (χ1) is 16.2. The molecule has 3 aliphatic rings. The number of carboxylic acid groups (broad SMARTS) is 1. The summed E-state index contributed by atoms with van der Waals surface area (Å²) in [6, 6.07) is 12.3. The van der Waals surface area contributed by atoms with Crippen LogP contribution in [0.2, 0.25) is 0 Å². The first kappa shape index (κ1) is 22.2. The second-order valence-corrected chi connectivity index (χ2v) is 8.88. The Morgan fingerprint density at radius 2 is 1.53 bits per heavy atom. The van der Waals surface area contributed by atoms with E-state index in [9.17, 15) is 27.6 Å². The number of piperidine rings is 1.